The zero-order chi connectivity index (χ0) is 18.5. The molecule has 0 aliphatic carbocycles. The molecule has 0 atom stereocenters. The lowest BCUT2D eigenvalue weighted by molar-refractivity contribution is -0.114. The average molecular weight is 349 g/mol. The number of carbonyl (C=O) groups excluding carboxylic acids is 1. The van der Waals surface area contributed by atoms with Gasteiger partial charge in [0.15, 0.2) is 0 Å². The van der Waals surface area contributed by atoms with E-state index in [1.807, 2.05) is 41.1 Å². The Kier molecular flexibility index (Phi) is 4.99. The first-order valence-electron chi connectivity index (χ1n) is 7.96. The van der Waals surface area contributed by atoms with Gasteiger partial charge in [-0.2, -0.15) is 5.26 Å². The van der Waals surface area contributed by atoms with Gasteiger partial charge >= 0.3 is 0 Å². The van der Waals surface area contributed by atoms with Gasteiger partial charge in [0.2, 0.25) is 0 Å². The molecule has 1 amide bonds. The summed E-state index contributed by atoms with van der Waals surface area (Å²) in [5.74, 6) is -0.486. The summed E-state index contributed by atoms with van der Waals surface area (Å²) in [4.78, 5) is 11.3. The third-order valence-corrected chi connectivity index (χ3v) is 3.92. The van der Waals surface area contributed by atoms with Crippen molar-refractivity contribution in [1.29, 1.82) is 5.26 Å². The number of ether oxygens (including phenoxy) is 1. The number of amides is 1. The Labute approximate surface area is 149 Å². The van der Waals surface area contributed by atoms with E-state index in [0.717, 1.165) is 16.5 Å². The molecular weight excluding hydrogens is 333 g/mol. The highest BCUT2D eigenvalue weighted by Gasteiger charge is 2.10. The Bertz CT molecular complexity index is 1010. The van der Waals surface area contributed by atoms with Gasteiger partial charge in [-0.1, -0.05) is 18.2 Å². The van der Waals surface area contributed by atoms with E-state index in [1.165, 1.54) is 18.2 Å². The predicted octanol–water partition coefficient (Wildman–Crippen LogP) is 3.25. The molecule has 130 valence electrons. The third kappa shape index (κ3) is 3.73. The van der Waals surface area contributed by atoms with E-state index < -0.39 is 5.91 Å². The van der Waals surface area contributed by atoms with Gasteiger partial charge < -0.3 is 15.0 Å². The molecule has 0 saturated heterocycles. The van der Waals surface area contributed by atoms with Crippen LogP contribution >= 0.6 is 0 Å². The predicted molar refractivity (Wildman–Crippen MR) is 96.6 cm³/mol. The molecule has 3 rings (SSSR count). The summed E-state index contributed by atoms with van der Waals surface area (Å²) in [6.07, 6.45) is 3.33. The summed E-state index contributed by atoms with van der Waals surface area (Å²) in [5, 5.41) is 9.96. The van der Waals surface area contributed by atoms with Crippen LogP contribution in [0.5, 0.6) is 5.75 Å². The number of hydrogen-bond acceptors (Lipinski definition) is 3. The maximum absolute atomic E-state index is 12.9. The lowest BCUT2D eigenvalue weighted by Crippen LogP contribution is -2.12. The minimum Gasteiger partial charge on any atom is -0.492 e. The summed E-state index contributed by atoms with van der Waals surface area (Å²) < 4.78 is 20.5. The number of nitrogens with two attached hydrogens (primary N) is 1. The second kappa shape index (κ2) is 7.53. The minimum absolute atomic E-state index is 0.101. The van der Waals surface area contributed by atoms with Crippen LogP contribution in [0, 0.1) is 17.1 Å². The topological polar surface area (TPSA) is 81.0 Å². The van der Waals surface area contributed by atoms with E-state index in [1.54, 1.807) is 12.1 Å². The number of halogens is 1. The number of nitrogens with zero attached hydrogens (tertiary/aromatic N) is 2. The van der Waals surface area contributed by atoms with Crippen molar-refractivity contribution in [2.24, 2.45) is 5.73 Å². The first-order valence-corrected chi connectivity index (χ1v) is 7.96. The summed E-state index contributed by atoms with van der Waals surface area (Å²) in [7, 11) is 0. The summed E-state index contributed by atoms with van der Waals surface area (Å²) in [6.45, 7) is 0.929. The summed E-state index contributed by atoms with van der Waals surface area (Å²) in [6, 6.07) is 15.3. The normalized spacial score (nSPS) is 11.3. The molecule has 1 heterocycles. The molecule has 6 heteroatoms. The van der Waals surface area contributed by atoms with Crippen LogP contribution in [0.15, 0.2) is 60.3 Å². The fourth-order valence-electron chi connectivity index (χ4n) is 2.68. The molecule has 2 N–H and O–H groups in total. The molecule has 0 radical (unpaired) electrons. The minimum atomic E-state index is -0.760. The van der Waals surface area contributed by atoms with Gasteiger partial charge in [-0.05, 0) is 36.4 Å². The van der Waals surface area contributed by atoms with Gasteiger partial charge in [-0.15, -0.1) is 0 Å². The van der Waals surface area contributed by atoms with E-state index >= 15 is 0 Å². The van der Waals surface area contributed by atoms with Crippen LogP contribution in [0.3, 0.4) is 0 Å². The lowest BCUT2D eigenvalue weighted by Gasteiger charge is -2.08. The molecular formula is C20H16FN3O2. The van der Waals surface area contributed by atoms with Gasteiger partial charge in [0.1, 0.15) is 29.8 Å². The van der Waals surface area contributed by atoms with Crippen LogP contribution in [0.2, 0.25) is 0 Å². The zero-order valence-electron chi connectivity index (χ0n) is 13.9. The molecule has 2 aromatic carbocycles. The number of carbonyl (C=O) groups is 1. The van der Waals surface area contributed by atoms with Crippen molar-refractivity contribution in [2.75, 3.05) is 6.61 Å². The molecule has 0 aliphatic rings. The van der Waals surface area contributed by atoms with Crippen molar-refractivity contribution >= 4 is 22.9 Å². The highest BCUT2D eigenvalue weighted by atomic mass is 19.1. The van der Waals surface area contributed by atoms with Crippen LogP contribution in [-0.4, -0.2) is 17.1 Å². The van der Waals surface area contributed by atoms with Crippen LogP contribution in [0.1, 0.15) is 5.56 Å². The Morgan fingerprint density at radius 3 is 2.65 bits per heavy atom. The van der Waals surface area contributed by atoms with Crippen LogP contribution in [0.25, 0.3) is 17.0 Å². The largest absolute Gasteiger partial charge is 0.492 e. The maximum Gasteiger partial charge on any atom is 0.259 e. The lowest BCUT2D eigenvalue weighted by atomic mass is 10.1. The SMILES string of the molecule is N#CC(=Cc1cn(CCOc2ccc(F)cc2)c2ccccc12)C(N)=O. The molecule has 0 aliphatic heterocycles. The summed E-state index contributed by atoms with van der Waals surface area (Å²) in [5.41, 5.74) is 6.80. The Balaban J connectivity index is 1.84. The molecule has 0 spiro atoms. The van der Waals surface area contributed by atoms with Gasteiger partial charge in [0, 0.05) is 22.7 Å². The molecule has 5 nitrogen and oxygen atoms in total. The number of nitriles is 1. The number of para-hydroxylation sites is 1. The van der Waals surface area contributed by atoms with Crippen molar-refractivity contribution < 1.29 is 13.9 Å². The van der Waals surface area contributed by atoms with Gasteiger partial charge in [-0.3, -0.25) is 4.79 Å². The number of hydrogen-bond donors (Lipinski definition) is 1. The fraction of sp³-hybridized carbons (Fsp3) is 0.100. The van der Waals surface area contributed by atoms with Crippen molar-refractivity contribution in [3.63, 3.8) is 0 Å². The molecule has 0 saturated carbocycles. The van der Waals surface area contributed by atoms with Gasteiger partial charge in [0.05, 0.1) is 6.54 Å². The second-order valence-electron chi connectivity index (χ2n) is 5.63. The van der Waals surface area contributed by atoms with Crippen molar-refractivity contribution in [2.45, 2.75) is 6.54 Å². The van der Waals surface area contributed by atoms with Crippen LogP contribution < -0.4 is 10.5 Å². The first-order chi connectivity index (χ1) is 12.6. The number of benzene rings is 2. The Hall–Kier alpha value is -3.59. The zero-order valence-corrected chi connectivity index (χ0v) is 13.9. The fourth-order valence-corrected chi connectivity index (χ4v) is 2.68. The third-order valence-electron chi connectivity index (χ3n) is 3.92. The first kappa shape index (κ1) is 17.2. The van der Waals surface area contributed by atoms with Crippen LogP contribution in [0.4, 0.5) is 4.39 Å². The van der Waals surface area contributed by atoms with Crippen molar-refractivity contribution in [3.8, 4) is 11.8 Å². The second-order valence-corrected chi connectivity index (χ2v) is 5.63. The van der Waals surface area contributed by atoms with Crippen molar-refractivity contribution in [1.82, 2.24) is 4.57 Å². The summed E-state index contributed by atoms with van der Waals surface area (Å²) >= 11 is 0. The Morgan fingerprint density at radius 2 is 1.96 bits per heavy atom. The van der Waals surface area contributed by atoms with E-state index in [0.29, 0.717) is 18.9 Å². The maximum atomic E-state index is 12.9. The highest BCUT2D eigenvalue weighted by Crippen LogP contribution is 2.23. The highest BCUT2D eigenvalue weighted by molar-refractivity contribution is 6.03. The van der Waals surface area contributed by atoms with E-state index in [-0.39, 0.29) is 11.4 Å². The van der Waals surface area contributed by atoms with E-state index in [9.17, 15) is 9.18 Å². The number of aromatic nitrogens is 1. The molecule has 3 aromatic rings. The number of fused-ring (bicyclic) bond motifs is 1. The number of rotatable bonds is 6. The van der Waals surface area contributed by atoms with Gasteiger partial charge in [-0.25, -0.2) is 4.39 Å². The van der Waals surface area contributed by atoms with Crippen LogP contribution in [-0.2, 0) is 11.3 Å². The Morgan fingerprint density at radius 1 is 1.23 bits per heavy atom. The molecule has 0 bridgehead atoms. The monoisotopic (exact) mass is 349 g/mol. The molecule has 26 heavy (non-hydrogen) atoms. The smallest absolute Gasteiger partial charge is 0.259 e. The molecule has 0 fully saturated rings. The molecule has 1 aromatic heterocycles. The molecule has 0 unspecified atom stereocenters. The quantitative estimate of drug-likeness (QED) is 0.548. The number of primary amides is 1. The van der Waals surface area contributed by atoms with E-state index in [4.69, 9.17) is 15.7 Å². The average Bonchev–Trinajstić information content (AvgIpc) is 2.99. The standard InChI is InChI=1S/C20H16FN3O2/c21-16-5-7-17(8-6-16)26-10-9-24-13-15(11-14(12-22)20(23)25)18-3-1-2-4-19(18)24/h1-8,11,13H,9-10H2,(H2,23,25). The van der Waals surface area contributed by atoms with E-state index in [2.05, 4.69) is 0 Å². The van der Waals surface area contributed by atoms with Gasteiger partial charge in [0.25, 0.3) is 5.91 Å². The van der Waals surface area contributed by atoms with Crippen molar-refractivity contribution in [3.05, 3.63) is 71.7 Å².